The second-order valence-electron chi connectivity index (χ2n) is 4.75. The van der Waals surface area contributed by atoms with Crippen LogP contribution in [0, 0.1) is 0 Å². The highest BCUT2D eigenvalue weighted by atomic mass is 35.5. The minimum Gasteiger partial charge on any atom is -0.368 e. The minimum atomic E-state index is 0.123. The highest BCUT2D eigenvalue weighted by molar-refractivity contribution is 6.30. The molecule has 0 N–H and O–H groups in total. The lowest BCUT2D eigenvalue weighted by atomic mass is 10.2. The Morgan fingerprint density at radius 2 is 1.79 bits per heavy atom. The number of carbonyl (C=O) groups is 1. The Hall–Kier alpha value is -1.42. The van der Waals surface area contributed by atoms with Crippen LogP contribution in [-0.2, 0) is 0 Å². The van der Waals surface area contributed by atoms with Crippen LogP contribution in [0.25, 0.3) is 0 Å². The van der Waals surface area contributed by atoms with Crippen LogP contribution < -0.4 is 4.90 Å². The van der Waals surface area contributed by atoms with Crippen molar-refractivity contribution in [2.45, 2.75) is 6.92 Å². The summed E-state index contributed by atoms with van der Waals surface area (Å²) in [4.78, 5) is 18.0. The van der Waals surface area contributed by atoms with Gasteiger partial charge in [0.05, 0.1) is 0 Å². The molecule has 1 heterocycles. The monoisotopic (exact) mass is 281 g/mol. The van der Waals surface area contributed by atoms with Gasteiger partial charge in [-0.3, -0.25) is 0 Å². The summed E-state index contributed by atoms with van der Waals surface area (Å²) in [6, 6.07) is 7.98. The van der Waals surface area contributed by atoms with Gasteiger partial charge < -0.3 is 14.7 Å². The molecule has 104 valence electrons. The summed E-state index contributed by atoms with van der Waals surface area (Å²) in [7, 11) is 1.84. The maximum Gasteiger partial charge on any atom is 0.319 e. The Kier molecular flexibility index (Phi) is 4.53. The number of carbonyl (C=O) groups excluding carboxylic acids is 1. The van der Waals surface area contributed by atoms with E-state index in [0.717, 1.165) is 37.7 Å². The van der Waals surface area contributed by atoms with Gasteiger partial charge in [-0.2, -0.15) is 0 Å². The van der Waals surface area contributed by atoms with Crippen molar-refractivity contribution in [2.24, 2.45) is 0 Å². The van der Waals surface area contributed by atoms with Crippen LogP contribution in [0.5, 0.6) is 0 Å². The fourth-order valence-corrected chi connectivity index (χ4v) is 2.31. The molecule has 1 aromatic carbocycles. The lowest BCUT2D eigenvalue weighted by Crippen LogP contribution is -2.52. The Morgan fingerprint density at radius 1 is 1.21 bits per heavy atom. The van der Waals surface area contributed by atoms with Crippen molar-refractivity contribution in [1.82, 2.24) is 9.80 Å². The Labute approximate surface area is 119 Å². The second kappa shape index (κ2) is 6.15. The molecule has 2 rings (SSSR count). The molecule has 0 aromatic heterocycles. The van der Waals surface area contributed by atoms with Gasteiger partial charge in [0.25, 0.3) is 0 Å². The molecule has 4 nitrogen and oxygen atoms in total. The van der Waals surface area contributed by atoms with Crippen molar-refractivity contribution < 1.29 is 4.79 Å². The van der Waals surface area contributed by atoms with Crippen molar-refractivity contribution >= 4 is 23.3 Å². The van der Waals surface area contributed by atoms with Crippen molar-refractivity contribution in [3.8, 4) is 0 Å². The van der Waals surface area contributed by atoms with Crippen LogP contribution in [-0.4, -0.2) is 55.6 Å². The van der Waals surface area contributed by atoms with E-state index < -0.39 is 0 Å². The van der Waals surface area contributed by atoms with E-state index in [1.165, 1.54) is 5.69 Å². The quantitative estimate of drug-likeness (QED) is 0.833. The zero-order valence-corrected chi connectivity index (χ0v) is 12.2. The summed E-state index contributed by atoms with van der Waals surface area (Å²) in [6.07, 6.45) is 0. The van der Waals surface area contributed by atoms with Gasteiger partial charge in [-0.25, -0.2) is 4.79 Å². The number of hydrogen-bond donors (Lipinski definition) is 0. The van der Waals surface area contributed by atoms with Crippen molar-refractivity contribution in [2.75, 3.05) is 44.7 Å². The number of amides is 2. The SMILES string of the molecule is CCN(C)C(=O)N1CCN(c2ccc(Cl)cc2)CC1. The summed E-state index contributed by atoms with van der Waals surface area (Å²) in [5.74, 6) is 0. The van der Waals surface area contributed by atoms with E-state index in [1.807, 2.05) is 43.1 Å². The first-order valence-electron chi connectivity index (χ1n) is 6.62. The Morgan fingerprint density at radius 3 is 2.32 bits per heavy atom. The smallest absolute Gasteiger partial charge is 0.319 e. The third-order valence-corrected chi connectivity index (χ3v) is 3.79. The standard InChI is InChI=1S/C14H20ClN3O/c1-3-16(2)14(19)18-10-8-17(9-11-18)13-6-4-12(15)5-7-13/h4-7H,3,8-11H2,1-2H3. The summed E-state index contributed by atoms with van der Waals surface area (Å²) in [5, 5.41) is 0.752. The average Bonchev–Trinajstić information content (AvgIpc) is 2.46. The maximum absolute atomic E-state index is 12.0. The number of hydrogen-bond acceptors (Lipinski definition) is 2. The molecule has 1 aliphatic heterocycles. The highest BCUT2D eigenvalue weighted by Gasteiger charge is 2.22. The molecule has 0 saturated carbocycles. The van der Waals surface area contributed by atoms with Crippen molar-refractivity contribution in [3.63, 3.8) is 0 Å². The largest absolute Gasteiger partial charge is 0.368 e. The first-order chi connectivity index (χ1) is 9.11. The number of halogens is 1. The van der Waals surface area contributed by atoms with Crippen molar-refractivity contribution in [3.05, 3.63) is 29.3 Å². The molecule has 1 saturated heterocycles. The molecule has 2 amide bonds. The summed E-state index contributed by atoms with van der Waals surface area (Å²) >= 11 is 5.89. The number of benzene rings is 1. The molecule has 0 atom stereocenters. The number of urea groups is 1. The van der Waals surface area contributed by atoms with Gasteiger partial charge in [0, 0.05) is 50.5 Å². The van der Waals surface area contributed by atoms with E-state index >= 15 is 0 Å². The lowest BCUT2D eigenvalue weighted by Gasteiger charge is -2.37. The van der Waals surface area contributed by atoms with Gasteiger partial charge >= 0.3 is 6.03 Å². The van der Waals surface area contributed by atoms with E-state index in [2.05, 4.69) is 4.90 Å². The molecule has 0 bridgehead atoms. The lowest BCUT2D eigenvalue weighted by molar-refractivity contribution is 0.161. The maximum atomic E-state index is 12.0. The molecule has 1 fully saturated rings. The van der Waals surface area contributed by atoms with Gasteiger partial charge in [-0.1, -0.05) is 11.6 Å². The third-order valence-electron chi connectivity index (χ3n) is 3.54. The first-order valence-corrected chi connectivity index (χ1v) is 7.00. The van der Waals surface area contributed by atoms with Crippen molar-refractivity contribution in [1.29, 1.82) is 0 Å². The van der Waals surface area contributed by atoms with E-state index in [1.54, 1.807) is 4.90 Å². The third kappa shape index (κ3) is 3.32. The number of rotatable bonds is 2. The summed E-state index contributed by atoms with van der Waals surface area (Å²) < 4.78 is 0. The normalized spacial score (nSPS) is 15.5. The molecule has 1 aromatic rings. The van der Waals surface area contributed by atoms with E-state index in [-0.39, 0.29) is 6.03 Å². The predicted octanol–water partition coefficient (Wildman–Crippen LogP) is 2.53. The van der Waals surface area contributed by atoms with Crippen LogP contribution in [0.2, 0.25) is 5.02 Å². The molecule has 0 unspecified atom stereocenters. The molecule has 0 aliphatic carbocycles. The topological polar surface area (TPSA) is 26.8 Å². The molecular formula is C14H20ClN3O. The van der Waals surface area contributed by atoms with Crippen LogP contribution in [0.4, 0.5) is 10.5 Å². The summed E-state index contributed by atoms with van der Waals surface area (Å²) in [6.45, 7) is 6.01. The summed E-state index contributed by atoms with van der Waals surface area (Å²) in [5.41, 5.74) is 1.17. The van der Waals surface area contributed by atoms with Crippen LogP contribution >= 0.6 is 11.6 Å². The molecule has 0 radical (unpaired) electrons. The second-order valence-corrected chi connectivity index (χ2v) is 5.18. The fourth-order valence-electron chi connectivity index (χ4n) is 2.18. The molecular weight excluding hydrogens is 262 g/mol. The molecule has 1 aliphatic rings. The highest BCUT2D eigenvalue weighted by Crippen LogP contribution is 2.19. The van der Waals surface area contributed by atoms with Crippen LogP contribution in [0.1, 0.15) is 6.92 Å². The Bertz CT molecular complexity index is 427. The van der Waals surface area contributed by atoms with E-state index in [0.29, 0.717) is 0 Å². The number of piperazine rings is 1. The minimum absolute atomic E-state index is 0.123. The van der Waals surface area contributed by atoms with E-state index in [4.69, 9.17) is 11.6 Å². The number of anilines is 1. The molecule has 19 heavy (non-hydrogen) atoms. The predicted molar refractivity (Wildman–Crippen MR) is 78.9 cm³/mol. The van der Waals surface area contributed by atoms with Crippen LogP contribution in [0.15, 0.2) is 24.3 Å². The number of nitrogens with zero attached hydrogens (tertiary/aromatic N) is 3. The first kappa shape index (κ1) is 14.0. The zero-order valence-electron chi connectivity index (χ0n) is 11.5. The Balaban J connectivity index is 1.92. The molecule has 5 heteroatoms. The molecule has 0 spiro atoms. The average molecular weight is 282 g/mol. The van der Waals surface area contributed by atoms with E-state index in [9.17, 15) is 4.79 Å². The van der Waals surface area contributed by atoms with Gasteiger partial charge in [0.2, 0.25) is 0 Å². The van der Waals surface area contributed by atoms with Crippen LogP contribution in [0.3, 0.4) is 0 Å². The van der Waals surface area contributed by atoms with Gasteiger partial charge in [0.15, 0.2) is 0 Å². The van der Waals surface area contributed by atoms with Gasteiger partial charge in [-0.15, -0.1) is 0 Å². The fraction of sp³-hybridized carbons (Fsp3) is 0.500. The van der Waals surface area contributed by atoms with Gasteiger partial charge in [-0.05, 0) is 31.2 Å². The van der Waals surface area contributed by atoms with Gasteiger partial charge in [0.1, 0.15) is 0 Å². The zero-order chi connectivity index (χ0) is 13.8.